The van der Waals surface area contributed by atoms with Crippen molar-refractivity contribution >= 4 is 40.3 Å². The molecule has 4 heterocycles. The number of aliphatic hydroxyl groups is 2. The first-order chi connectivity index (χ1) is 29.8. The largest absolute Gasteiger partial charge is 0.507 e. The van der Waals surface area contributed by atoms with Gasteiger partial charge < -0.3 is 49.8 Å². The van der Waals surface area contributed by atoms with Gasteiger partial charge in [0.2, 0.25) is 0 Å². The Hall–Kier alpha value is -5.16. The molecule has 5 bridgehead atoms. The molecule has 2 aromatic rings. The van der Waals surface area contributed by atoms with Crippen molar-refractivity contribution < 1.29 is 58.9 Å². The molecule has 1 amide bonds. The Labute approximate surface area is 368 Å². The number of amides is 1. The zero-order valence-electron chi connectivity index (χ0n) is 37.8. The summed E-state index contributed by atoms with van der Waals surface area (Å²) in [6, 6.07) is 0.553. The maximum Gasteiger partial charge on any atom is 0.312 e. The summed E-state index contributed by atoms with van der Waals surface area (Å²) >= 11 is 0. The van der Waals surface area contributed by atoms with Crippen LogP contribution >= 0.6 is 0 Å². The van der Waals surface area contributed by atoms with E-state index in [9.17, 15) is 39.9 Å². The van der Waals surface area contributed by atoms with E-state index in [2.05, 4.69) is 15.3 Å². The number of piperazine rings is 1. The van der Waals surface area contributed by atoms with Gasteiger partial charge >= 0.3 is 11.8 Å². The number of benzene rings is 2. The average Bonchev–Trinajstić information content (AvgIpc) is 3.89. The van der Waals surface area contributed by atoms with Gasteiger partial charge in [0.25, 0.3) is 11.7 Å². The number of anilines is 1. The Kier molecular flexibility index (Phi) is 14.5. The first-order valence-corrected chi connectivity index (χ1v) is 21.9. The van der Waals surface area contributed by atoms with Gasteiger partial charge in [-0.1, -0.05) is 58.8 Å². The van der Waals surface area contributed by atoms with Crippen molar-refractivity contribution in [2.24, 2.45) is 28.8 Å². The minimum atomic E-state index is -2.04. The fourth-order valence-electron chi connectivity index (χ4n) is 9.47. The minimum absolute atomic E-state index is 0.0631. The molecule has 0 aromatic heterocycles. The lowest BCUT2D eigenvalue weighted by atomic mass is 9.78. The van der Waals surface area contributed by atoms with E-state index in [1.54, 1.807) is 39.8 Å². The molecule has 0 unspecified atom stereocenters. The lowest BCUT2D eigenvalue weighted by molar-refractivity contribution is -0.160. The van der Waals surface area contributed by atoms with Crippen molar-refractivity contribution in [1.29, 1.82) is 0 Å². The molecule has 2 fully saturated rings. The molecule has 1 aliphatic carbocycles. The fraction of sp³-hybridized carbons (Fsp3) is 0.574. The predicted octanol–water partition coefficient (Wildman–Crippen LogP) is 5.65. The number of hydrogen-bond acceptors (Lipinski definition) is 15. The number of Topliss-reactive ketones (excluding diaryl/α,β-unsaturated/α-hetero) is 1. The van der Waals surface area contributed by atoms with E-state index in [0.717, 1.165) is 13.1 Å². The number of aliphatic hydroxyl groups excluding tert-OH is 2. The SMILES string of the molecule is CO[C@H]1/C=C/O[C@@]2(C)Oc3c(C)c(O)c4c(O)c(c(C=NN5CCN(C6CCCC6)CC5)c(O)c4c3C2=O)NC(=O)/C(C)=C/C=C/[C@H](C)[C@H](O)[C@@H](C)[C@@H](O)[C@@H](C)[C@H](OC(C)=O)[C@@H]1C. The van der Waals surface area contributed by atoms with E-state index in [1.807, 2.05) is 5.01 Å². The van der Waals surface area contributed by atoms with Gasteiger partial charge in [0.05, 0.1) is 53.0 Å². The zero-order chi connectivity index (χ0) is 46.1. The van der Waals surface area contributed by atoms with E-state index in [0.29, 0.717) is 19.1 Å². The van der Waals surface area contributed by atoms with Gasteiger partial charge in [-0.05, 0) is 32.8 Å². The van der Waals surface area contributed by atoms with Crippen LogP contribution in [0.25, 0.3) is 10.8 Å². The number of carbonyl (C=O) groups is 3. The standard InChI is InChI=1S/C47H64N4O12/c1-24-13-12-14-25(2)46(59)49-37-32(23-48-51-20-18-50(19-21-51)31-15-10-11-16-31)41(56)34-35(42(37)57)40(55)29(6)44-36(34)45(58)47(8,63-44)61-22-17-33(60-9)26(3)43(62-30(7)52)28(5)39(54)27(4)38(24)53/h12-14,17,22-24,26-28,31,33,38-39,43,53-57H,10-11,15-16,18-21H2,1-9H3,(H,49,59)/b13-12+,22-17+,25-14+,48-23?/t24-,26+,27+,28+,33-,38-,39+,43+,47-/m0/s1. The second kappa shape index (κ2) is 19.3. The van der Waals surface area contributed by atoms with Crippen molar-refractivity contribution in [1.82, 2.24) is 9.91 Å². The summed E-state index contributed by atoms with van der Waals surface area (Å²) < 4.78 is 23.7. The van der Waals surface area contributed by atoms with Crippen LogP contribution in [0, 0.1) is 30.6 Å². The molecule has 2 aromatic carbocycles. The topological polar surface area (TPSA) is 220 Å². The monoisotopic (exact) mass is 876 g/mol. The number of fused-ring (bicyclic) bond motifs is 14. The van der Waals surface area contributed by atoms with Crippen molar-refractivity contribution in [3.05, 3.63) is 52.8 Å². The molecule has 1 saturated heterocycles. The third kappa shape index (κ3) is 9.40. The predicted molar refractivity (Wildman–Crippen MR) is 237 cm³/mol. The van der Waals surface area contributed by atoms with Crippen molar-refractivity contribution in [2.75, 3.05) is 38.6 Å². The summed E-state index contributed by atoms with van der Waals surface area (Å²) in [4.78, 5) is 43.2. The molecule has 63 heavy (non-hydrogen) atoms. The Morgan fingerprint density at radius 3 is 2.22 bits per heavy atom. The molecule has 344 valence electrons. The summed E-state index contributed by atoms with van der Waals surface area (Å²) in [7, 11) is 1.44. The zero-order valence-corrected chi connectivity index (χ0v) is 37.8. The second-order valence-corrected chi connectivity index (χ2v) is 17.8. The molecule has 0 radical (unpaired) electrons. The molecule has 4 aliphatic heterocycles. The number of ether oxygens (including phenoxy) is 4. The number of hydrogen-bond donors (Lipinski definition) is 6. The van der Waals surface area contributed by atoms with Crippen LogP contribution in [0.2, 0.25) is 0 Å². The Morgan fingerprint density at radius 2 is 1.59 bits per heavy atom. The number of phenolic OH excluding ortho intramolecular Hbond substituents is 3. The van der Waals surface area contributed by atoms with Crippen LogP contribution in [0.1, 0.15) is 95.6 Å². The molecule has 1 saturated carbocycles. The number of allylic oxidation sites excluding steroid dienone is 2. The van der Waals surface area contributed by atoms with Gasteiger partial charge in [0.15, 0.2) is 5.75 Å². The maximum atomic E-state index is 14.5. The van der Waals surface area contributed by atoms with E-state index < -0.39 is 88.8 Å². The summed E-state index contributed by atoms with van der Waals surface area (Å²) in [6.45, 7) is 15.4. The van der Waals surface area contributed by atoms with E-state index >= 15 is 0 Å². The molecule has 0 spiro atoms. The summed E-state index contributed by atoms with van der Waals surface area (Å²) in [5, 5.41) is 67.6. The van der Waals surface area contributed by atoms with Crippen LogP contribution in [0.3, 0.4) is 0 Å². The summed E-state index contributed by atoms with van der Waals surface area (Å²) in [6.07, 6.45) is 9.75. The molecule has 16 nitrogen and oxygen atoms in total. The molecule has 5 aliphatic rings. The summed E-state index contributed by atoms with van der Waals surface area (Å²) in [5.74, 6) is -8.28. The van der Waals surface area contributed by atoms with E-state index in [1.165, 1.54) is 85.1 Å². The average molecular weight is 877 g/mol. The number of ketones is 1. The van der Waals surface area contributed by atoms with Crippen LogP contribution < -0.4 is 10.1 Å². The number of rotatable bonds is 5. The highest BCUT2D eigenvalue weighted by Crippen LogP contribution is 2.55. The number of methoxy groups -OCH3 is 1. The van der Waals surface area contributed by atoms with Gasteiger partial charge in [-0.25, -0.2) is 0 Å². The van der Waals surface area contributed by atoms with E-state index in [4.69, 9.17) is 18.9 Å². The van der Waals surface area contributed by atoms with Crippen molar-refractivity contribution in [3.63, 3.8) is 0 Å². The number of carbonyl (C=O) groups excluding carboxylic acids is 3. The second-order valence-electron chi connectivity index (χ2n) is 17.8. The molecule has 9 atom stereocenters. The Morgan fingerprint density at radius 1 is 0.921 bits per heavy atom. The molecule has 7 rings (SSSR count). The molecular weight excluding hydrogens is 813 g/mol. The van der Waals surface area contributed by atoms with E-state index in [-0.39, 0.29) is 44.5 Å². The highest BCUT2D eigenvalue weighted by Gasteiger charge is 2.50. The van der Waals surface area contributed by atoms with Crippen LogP contribution in [0.5, 0.6) is 23.0 Å². The number of esters is 1. The highest BCUT2D eigenvalue weighted by molar-refractivity contribution is 6.23. The summed E-state index contributed by atoms with van der Waals surface area (Å²) in [5.41, 5.74) is -0.293. The van der Waals surface area contributed by atoms with Gasteiger partial charge in [-0.3, -0.25) is 24.3 Å². The van der Waals surface area contributed by atoms with Crippen molar-refractivity contribution in [3.8, 4) is 23.0 Å². The normalized spacial score (nSPS) is 32.4. The number of phenols is 3. The van der Waals surface area contributed by atoms with Gasteiger partial charge in [-0.2, -0.15) is 5.10 Å². The van der Waals surface area contributed by atoms with Crippen LogP contribution in [-0.4, -0.2) is 129 Å². The minimum Gasteiger partial charge on any atom is -0.507 e. The Bertz CT molecular complexity index is 2190. The lowest BCUT2D eigenvalue weighted by Gasteiger charge is -2.38. The smallest absolute Gasteiger partial charge is 0.312 e. The number of hydrazone groups is 1. The number of nitrogens with zero attached hydrogens (tertiary/aromatic N) is 3. The Balaban J connectivity index is 1.47. The third-order valence-corrected chi connectivity index (χ3v) is 13.5. The van der Waals surface area contributed by atoms with Crippen LogP contribution in [0.4, 0.5) is 5.69 Å². The highest BCUT2D eigenvalue weighted by atomic mass is 16.7. The fourth-order valence-corrected chi connectivity index (χ4v) is 9.47. The molecule has 6 N–H and O–H groups in total. The van der Waals surface area contributed by atoms with Gasteiger partial charge in [0, 0.05) is 93.4 Å². The first-order valence-electron chi connectivity index (χ1n) is 21.9. The third-order valence-electron chi connectivity index (χ3n) is 13.5. The quantitative estimate of drug-likeness (QED) is 0.0926. The maximum absolute atomic E-state index is 14.5. The number of aromatic hydroxyl groups is 3. The van der Waals surface area contributed by atoms with Gasteiger partial charge in [0.1, 0.15) is 23.4 Å². The van der Waals surface area contributed by atoms with Crippen LogP contribution in [-0.2, 0) is 23.8 Å². The van der Waals surface area contributed by atoms with Crippen LogP contribution in [0.15, 0.2) is 41.2 Å². The first kappa shape index (κ1) is 47.3. The molecular formula is C47H64N4O12. The lowest BCUT2D eigenvalue weighted by Crippen LogP contribution is -2.47. The number of nitrogens with one attached hydrogen (secondary N) is 1. The molecule has 16 heteroatoms. The van der Waals surface area contributed by atoms with Crippen molar-refractivity contribution in [2.45, 2.75) is 117 Å². The van der Waals surface area contributed by atoms with Gasteiger partial charge in [-0.15, -0.1) is 0 Å².